The number of carboxylic acids is 1. The Balaban J connectivity index is 2.84. The monoisotopic (exact) mass is 299 g/mol. The van der Waals surface area contributed by atoms with Crippen LogP contribution in [0.2, 0.25) is 0 Å². The van der Waals surface area contributed by atoms with Crippen molar-refractivity contribution < 1.29 is 19.5 Å². The molecule has 0 radical (unpaired) electrons. The van der Waals surface area contributed by atoms with Crippen molar-refractivity contribution >= 4 is 17.9 Å². The van der Waals surface area contributed by atoms with Crippen molar-refractivity contribution in [3.63, 3.8) is 0 Å². The Kier molecular flexibility index (Phi) is 5.99. The first-order chi connectivity index (χ1) is 9.72. The van der Waals surface area contributed by atoms with Crippen molar-refractivity contribution in [1.82, 2.24) is 9.80 Å². The van der Waals surface area contributed by atoms with Gasteiger partial charge >= 0.3 is 12.0 Å². The molecular formula is C14H25N3O4. The van der Waals surface area contributed by atoms with Gasteiger partial charge in [-0.25, -0.2) is 4.79 Å². The molecule has 0 saturated carbocycles. The van der Waals surface area contributed by atoms with Gasteiger partial charge in [0.2, 0.25) is 5.91 Å². The molecule has 1 fully saturated rings. The molecule has 2 atom stereocenters. The fourth-order valence-electron chi connectivity index (χ4n) is 2.60. The number of nitrogens with two attached hydrogens (primary N) is 1. The maximum atomic E-state index is 12.6. The standard InChI is InChI=1S/C14H25N3O4/c1-9(2)6-16(8-12(18)19)14(21)17-7-11(13(15)20)5-4-10(17)3/h9-11H,4-8H2,1-3H3,(H2,15,20)(H,18,19). The van der Waals surface area contributed by atoms with E-state index in [1.54, 1.807) is 4.90 Å². The van der Waals surface area contributed by atoms with E-state index in [4.69, 9.17) is 10.8 Å². The summed E-state index contributed by atoms with van der Waals surface area (Å²) in [6, 6.07) is -0.346. The van der Waals surface area contributed by atoms with Gasteiger partial charge < -0.3 is 20.6 Å². The van der Waals surface area contributed by atoms with E-state index < -0.39 is 11.9 Å². The number of likely N-dealkylation sites (tertiary alicyclic amines) is 1. The number of urea groups is 1. The van der Waals surface area contributed by atoms with E-state index >= 15 is 0 Å². The second kappa shape index (κ2) is 7.28. The predicted molar refractivity (Wildman–Crippen MR) is 77.5 cm³/mol. The van der Waals surface area contributed by atoms with Gasteiger partial charge in [-0.3, -0.25) is 9.59 Å². The molecule has 0 bridgehead atoms. The lowest BCUT2D eigenvalue weighted by Crippen LogP contribution is -2.54. The molecule has 1 heterocycles. The van der Waals surface area contributed by atoms with Crippen molar-refractivity contribution in [1.29, 1.82) is 0 Å². The maximum Gasteiger partial charge on any atom is 0.323 e. The van der Waals surface area contributed by atoms with Crippen molar-refractivity contribution in [2.24, 2.45) is 17.6 Å². The van der Waals surface area contributed by atoms with Gasteiger partial charge in [0.25, 0.3) is 0 Å². The molecule has 1 aliphatic heterocycles. The molecule has 0 aliphatic carbocycles. The average molecular weight is 299 g/mol. The minimum absolute atomic E-state index is 0.0171. The van der Waals surface area contributed by atoms with Gasteiger partial charge in [0.1, 0.15) is 6.54 Å². The van der Waals surface area contributed by atoms with Crippen LogP contribution in [0.3, 0.4) is 0 Å². The van der Waals surface area contributed by atoms with Crippen LogP contribution in [0, 0.1) is 11.8 Å². The molecule has 120 valence electrons. The lowest BCUT2D eigenvalue weighted by Gasteiger charge is -2.39. The van der Waals surface area contributed by atoms with Crippen LogP contribution in [0.25, 0.3) is 0 Å². The molecule has 3 N–H and O–H groups in total. The molecule has 1 saturated heterocycles. The number of primary amides is 1. The third-order valence-electron chi connectivity index (χ3n) is 3.71. The van der Waals surface area contributed by atoms with Gasteiger partial charge in [0.15, 0.2) is 0 Å². The number of carboxylic acid groups (broad SMARTS) is 1. The predicted octanol–water partition coefficient (Wildman–Crippen LogP) is 0.735. The Hall–Kier alpha value is -1.79. The highest BCUT2D eigenvalue weighted by Crippen LogP contribution is 2.23. The van der Waals surface area contributed by atoms with Crippen LogP contribution in [-0.2, 0) is 9.59 Å². The van der Waals surface area contributed by atoms with Gasteiger partial charge in [-0.1, -0.05) is 13.8 Å². The molecule has 1 aliphatic rings. The molecule has 3 amide bonds. The summed E-state index contributed by atoms with van der Waals surface area (Å²) in [5.41, 5.74) is 5.33. The van der Waals surface area contributed by atoms with Crippen molar-refractivity contribution in [2.45, 2.75) is 39.7 Å². The third-order valence-corrected chi connectivity index (χ3v) is 3.71. The zero-order chi connectivity index (χ0) is 16.2. The summed E-state index contributed by atoms with van der Waals surface area (Å²) < 4.78 is 0. The molecule has 21 heavy (non-hydrogen) atoms. The van der Waals surface area contributed by atoms with Crippen LogP contribution in [0.5, 0.6) is 0 Å². The van der Waals surface area contributed by atoms with Crippen LogP contribution in [-0.4, -0.2) is 58.5 Å². The highest BCUT2D eigenvalue weighted by Gasteiger charge is 2.34. The third kappa shape index (κ3) is 4.91. The number of carbonyl (C=O) groups excluding carboxylic acids is 2. The molecule has 7 nitrogen and oxygen atoms in total. The summed E-state index contributed by atoms with van der Waals surface area (Å²) in [7, 11) is 0. The molecule has 0 aromatic heterocycles. The largest absolute Gasteiger partial charge is 0.480 e. The summed E-state index contributed by atoms with van der Waals surface area (Å²) in [6.07, 6.45) is 1.37. The molecule has 0 aromatic carbocycles. The summed E-state index contributed by atoms with van der Waals surface area (Å²) in [5.74, 6) is -1.63. The topological polar surface area (TPSA) is 104 Å². The zero-order valence-corrected chi connectivity index (χ0v) is 12.9. The fourth-order valence-corrected chi connectivity index (χ4v) is 2.60. The van der Waals surface area contributed by atoms with Crippen molar-refractivity contribution in [3.8, 4) is 0 Å². The Morgan fingerprint density at radius 2 is 1.95 bits per heavy atom. The highest BCUT2D eigenvalue weighted by molar-refractivity contribution is 5.82. The number of carbonyl (C=O) groups is 3. The summed E-state index contributed by atoms with van der Waals surface area (Å²) >= 11 is 0. The Labute approximate surface area is 125 Å². The first-order valence-electron chi connectivity index (χ1n) is 7.29. The molecule has 0 aromatic rings. The quantitative estimate of drug-likeness (QED) is 0.781. The molecule has 7 heteroatoms. The SMILES string of the molecule is CC(C)CN(CC(=O)O)C(=O)N1CC(C(N)=O)CCC1C. The number of piperidine rings is 1. The van der Waals surface area contributed by atoms with E-state index in [0.717, 1.165) is 0 Å². The maximum absolute atomic E-state index is 12.6. The van der Waals surface area contributed by atoms with Gasteiger partial charge in [-0.05, 0) is 25.7 Å². The van der Waals surface area contributed by atoms with Gasteiger partial charge in [-0.2, -0.15) is 0 Å². The van der Waals surface area contributed by atoms with E-state index in [1.165, 1.54) is 4.90 Å². The molecule has 1 rings (SSSR count). The number of hydrogen-bond donors (Lipinski definition) is 2. The molecular weight excluding hydrogens is 274 g/mol. The lowest BCUT2D eigenvalue weighted by atomic mass is 9.93. The van der Waals surface area contributed by atoms with Crippen LogP contribution < -0.4 is 5.73 Å². The van der Waals surface area contributed by atoms with Crippen LogP contribution in [0.4, 0.5) is 4.79 Å². The first-order valence-corrected chi connectivity index (χ1v) is 7.29. The second-order valence-corrected chi connectivity index (χ2v) is 6.13. The lowest BCUT2D eigenvalue weighted by molar-refractivity contribution is -0.138. The average Bonchev–Trinajstić information content (AvgIpc) is 2.36. The molecule has 2 unspecified atom stereocenters. The van der Waals surface area contributed by atoms with E-state index in [2.05, 4.69) is 0 Å². The number of aliphatic carboxylic acids is 1. The number of nitrogens with zero attached hydrogens (tertiary/aromatic N) is 2. The van der Waals surface area contributed by atoms with Crippen molar-refractivity contribution in [2.75, 3.05) is 19.6 Å². The normalized spacial score (nSPS) is 22.2. The summed E-state index contributed by atoms with van der Waals surface area (Å²) in [6.45, 7) is 6.06. The first kappa shape index (κ1) is 17.3. The van der Waals surface area contributed by atoms with E-state index in [9.17, 15) is 14.4 Å². The van der Waals surface area contributed by atoms with E-state index in [0.29, 0.717) is 19.4 Å². The Bertz CT molecular complexity index is 411. The second-order valence-electron chi connectivity index (χ2n) is 6.13. The van der Waals surface area contributed by atoms with Crippen LogP contribution in [0.15, 0.2) is 0 Å². The van der Waals surface area contributed by atoms with Crippen LogP contribution >= 0.6 is 0 Å². The number of hydrogen-bond acceptors (Lipinski definition) is 3. The minimum Gasteiger partial charge on any atom is -0.480 e. The fraction of sp³-hybridized carbons (Fsp3) is 0.786. The summed E-state index contributed by atoms with van der Waals surface area (Å²) in [5, 5.41) is 8.96. The van der Waals surface area contributed by atoms with Gasteiger partial charge in [0.05, 0.1) is 5.92 Å². The highest BCUT2D eigenvalue weighted by atomic mass is 16.4. The van der Waals surface area contributed by atoms with E-state index in [1.807, 2.05) is 20.8 Å². The number of rotatable bonds is 5. The van der Waals surface area contributed by atoms with Crippen molar-refractivity contribution in [3.05, 3.63) is 0 Å². The minimum atomic E-state index is -1.04. The van der Waals surface area contributed by atoms with Gasteiger partial charge in [0, 0.05) is 19.1 Å². The van der Waals surface area contributed by atoms with E-state index in [-0.39, 0.29) is 37.0 Å². The number of amides is 3. The smallest absolute Gasteiger partial charge is 0.323 e. The van der Waals surface area contributed by atoms with Gasteiger partial charge in [-0.15, -0.1) is 0 Å². The Morgan fingerprint density at radius 1 is 1.33 bits per heavy atom. The zero-order valence-electron chi connectivity index (χ0n) is 12.9. The van der Waals surface area contributed by atoms with Crippen LogP contribution in [0.1, 0.15) is 33.6 Å². The summed E-state index contributed by atoms with van der Waals surface area (Å²) in [4.78, 5) is 37.8. The Morgan fingerprint density at radius 3 is 2.43 bits per heavy atom. The molecule has 0 spiro atoms.